The number of hydrogen-bond acceptors (Lipinski definition) is 6. The molecule has 2 heterocycles. The van der Waals surface area contributed by atoms with Crippen LogP contribution in [-0.4, -0.2) is 29.7 Å². The Balaban J connectivity index is 1.67. The van der Waals surface area contributed by atoms with E-state index in [0.29, 0.717) is 12.3 Å². The topological polar surface area (TPSA) is 92.9 Å². The van der Waals surface area contributed by atoms with Gasteiger partial charge in [0.2, 0.25) is 11.6 Å². The first-order valence-electron chi connectivity index (χ1n) is 9.30. The number of oxime groups is 1. The number of anilines is 2. The quantitative estimate of drug-likeness (QED) is 0.775. The van der Waals surface area contributed by atoms with Crippen molar-refractivity contribution in [1.29, 1.82) is 0 Å². The summed E-state index contributed by atoms with van der Waals surface area (Å²) in [7, 11) is 1.80. The van der Waals surface area contributed by atoms with Crippen LogP contribution in [0.15, 0.2) is 53.7 Å². The molecule has 144 valence electrons. The first-order valence-corrected chi connectivity index (χ1v) is 9.30. The molecule has 1 saturated carbocycles. The standard InChI is InChI=1S/C20H20N4O4/c1-22-16-6-2-3-7-17(16)23-18(13-8-10-14(11-9-13)24(26)27)21-28-20(23)12-4-5-15(20)19(22)25/h2-3,6-11,15,24,26H,4-5,12H2,1H3/t15-,20+/m1/s1. The maximum atomic E-state index is 13.2. The minimum absolute atomic E-state index is 0.0325. The molecule has 2 aromatic rings. The third-order valence-corrected chi connectivity index (χ3v) is 5.96. The molecule has 1 unspecified atom stereocenters. The van der Waals surface area contributed by atoms with Crippen molar-refractivity contribution in [2.45, 2.75) is 25.0 Å². The van der Waals surface area contributed by atoms with Gasteiger partial charge in [0.05, 0.1) is 11.4 Å². The van der Waals surface area contributed by atoms with E-state index in [-0.39, 0.29) is 17.5 Å². The molecular formula is C20H20N4O4. The lowest BCUT2D eigenvalue weighted by Crippen LogP contribution is -2.99. The number of quaternary nitrogens is 1. The van der Waals surface area contributed by atoms with Crippen LogP contribution in [0, 0.1) is 11.1 Å². The fraction of sp³-hybridized carbons (Fsp3) is 0.300. The van der Waals surface area contributed by atoms with Gasteiger partial charge in [-0.05, 0) is 37.1 Å². The summed E-state index contributed by atoms with van der Waals surface area (Å²) in [6, 6.07) is 14.3. The van der Waals surface area contributed by atoms with Crippen LogP contribution < -0.4 is 15.0 Å². The van der Waals surface area contributed by atoms with Crippen LogP contribution in [0.1, 0.15) is 24.8 Å². The average Bonchev–Trinajstić information content (AvgIpc) is 3.30. The van der Waals surface area contributed by atoms with Crippen LogP contribution in [-0.2, 0) is 9.63 Å². The number of nitrogens with one attached hydrogen (secondary N) is 1. The Morgan fingerprint density at radius 1 is 1.21 bits per heavy atom. The van der Waals surface area contributed by atoms with Crippen LogP contribution in [0.5, 0.6) is 0 Å². The summed E-state index contributed by atoms with van der Waals surface area (Å²) in [6.45, 7) is 0. The number of nitrogens with zero attached hydrogens (tertiary/aromatic N) is 3. The summed E-state index contributed by atoms with van der Waals surface area (Å²) >= 11 is 0. The number of benzene rings is 2. The van der Waals surface area contributed by atoms with Gasteiger partial charge in [0, 0.05) is 31.2 Å². The van der Waals surface area contributed by atoms with Gasteiger partial charge in [-0.15, -0.1) is 0 Å². The highest BCUT2D eigenvalue weighted by Gasteiger charge is 2.61. The van der Waals surface area contributed by atoms with Crippen LogP contribution in [0.3, 0.4) is 0 Å². The van der Waals surface area contributed by atoms with Crippen molar-refractivity contribution < 1.29 is 20.1 Å². The second-order valence-corrected chi connectivity index (χ2v) is 7.40. The largest absolute Gasteiger partial charge is 0.595 e. The molecule has 2 N–H and O–H groups in total. The van der Waals surface area contributed by atoms with Crippen molar-refractivity contribution in [1.82, 2.24) is 0 Å². The molecule has 1 aliphatic carbocycles. The van der Waals surface area contributed by atoms with Gasteiger partial charge in [-0.1, -0.05) is 17.3 Å². The Morgan fingerprint density at radius 3 is 2.64 bits per heavy atom. The number of rotatable bonds is 2. The van der Waals surface area contributed by atoms with Crippen LogP contribution in [0.4, 0.5) is 17.1 Å². The third-order valence-electron chi connectivity index (χ3n) is 5.96. The first kappa shape index (κ1) is 17.2. The molecule has 0 aromatic heterocycles. The molecule has 3 atom stereocenters. The number of carbonyl (C=O) groups excluding carboxylic acids is 1. The van der Waals surface area contributed by atoms with Crippen molar-refractivity contribution in [2.75, 3.05) is 16.8 Å². The van der Waals surface area contributed by atoms with E-state index in [1.165, 1.54) is 0 Å². The number of para-hydroxylation sites is 2. The summed E-state index contributed by atoms with van der Waals surface area (Å²) in [5.74, 6) is 0.314. The second kappa shape index (κ2) is 6.03. The van der Waals surface area contributed by atoms with Gasteiger partial charge in [-0.2, -0.15) is 5.23 Å². The zero-order valence-electron chi connectivity index (χ0n) is 15.3. The number of amides is 1. The van der Waals surface area contributed by atoms with Gasteiger partial charge in [0.1, 0.15) is 5.92 Å². The third kappa shape index (κ3) is 2.22. The van der Waals surface area contributed by atoms with Gasteiger partial charge in [0.15, 0.2) is 11.5 Å². The van der Waals surface area contributed by atoms with E-state index in [4.69, 9.17) is 10.0 Å². The zero-order valence-corrected chi connectivity index (χ0v) is 15.3. The van der Waals surface area contributed by atoms with Gasteiger partial charge < -0.3 is 14.9 Å². The molecular weight excluding hydrogens is 360 g/mol. The summed E-state index contributed by atoms with van der Waals surface area (Å²) in [6.07, 6.45) is 2.32. The Morgan fingerprint density at radius 2 is 1.93 bits per heavy atom. The predicted molar refractivity (Wildman–Crippen MR) is 102 cm³/mol. The molecule has 8 heteroatoms. The highest BCUT2D eigenvalue weighted by Crippen LogP contribution is 2.52. The van der Waals surface area contributed by atoms with Crippen LogP contribution >= 0.6 is 0 Å². The fourth-order valence-electron chi connectivity index (χ4n) is 4.59. The molecule has 0 bridgehead atoms. The molecule has 8 nitrogen and oxygen atoms in total. The summed E-state index contributed by atoms with van der Waals surface area (Å²) in [5, 5.41) is 23.8. The van der Waals surface area contributed by atoms with Gasteiger partial charge in [-0.25, -0.2) is 5.21 Å². The highest BCUT2D eigenvalue weighted by molar-refractivity contribution is 6.16. The molecule has 2 aromatic carbocycles. The van der Waals surface area contributed by atoms with Crippen LogP contribution in [0.2, 0.25) is 0 Å². The smallest absolute Gasteiger partial charge is 0.236 e. The normalized spacial score (nSPS) is 26.8. The Labute approximate surface area is 161 Å². The van der Waals surface area contributed by atoms with Gasteiger partial charge >= 0.3 is 0 Å². The van der Waals surface area contributed by atoms with E-state index in [2.05, 4.69) is 5.16 Å². The zero-order chi connectivity index (χ0) is 19.5. The van der Waals surface area contributed by atoms with Crippen molar-refractivity contribution >= 4 is 28.8 Å². The molecule has 2 aliphatic heterocycles. The Kier molecular flexibility index (Phi) is 3.70. The van der Waals surface area contributed by atoms with E-state index < -0.39 is 11.0 Å². The fourth-order valence-corrected chi connectivity index (χ4v) is 4.59. The summed E-state index contributed by atoms with van der Waals surface area (Å²) in [4.78, 5) is 23.0. The van der Waals surface area contributed by atoms with E-state index in [1.54, 1.807) is 36.2 Å². The second-order valence-electron chi connectivity index (χ2n) is 7.40. The summed E-state index contributed by atoms with van der Waals surface area (Å²) < 4.78 is 0. The molecule has 3 aliphatic rings. The first-order chi connectivity index (χ1) is 13.5. The minimum atomic E-state index is -0.976. The number of fused-ring (bicyclic) bond motifs is 2. The average molecular weight is 380 g/mol. The minimum Gasteiger partial charge on any atom is -0.595 e. The van der Waals surface area contributed by atoms with Crippen molar-refractivity contribution in [3.05, 3.63) is 59.3 Å². The SMILES string of the molecule is CN1C(=O)[C@H]2CCC[C@]23ON=C(c2ccc([NH+]([O-])O)cc2)N3c2ccccc21. The van der Waals surface area contributed by atoms with Crippen molar-refractivity contribution in [2.24, 2.45) is 11.1 Å². The number of hydrogen-bond donors (Lipinski definition) is 2. The van der Waals surface area contributed by atoms with Gasteiger partial charge in [0.25, 0.3) is 0 Å². The lowest BCUT2D eigenvalue weighted by atomic mass is 9.96. The molecule has 1 spiro atoms. The Bertz CT molecular complexity index is 974. The highest BCUT2D eigenvalue weighted by atomic mass is 16.8. The molecule has 28 heavy (non-hydrogen) atoms. The van der Waals surface area contributed by atoms with E-state index in [0.717, 1.165) is 29.8 Å². The molecule has 5 rings (SSSR count). The monoisotopic (exact) mass is 380 g/mol. The number of amidine groups is 1. The maximum absolute atomic E-state index is 13.2. The Hall–Kier alpha value is -2.94. The predicted octanol–water partition coefficient (Wildman–Crippen LogP) is 1.76. The maximum Gasteiger partial charge on any atom is 0.236 e. The molecule has 0 radical (unpaired) electrons. The molecule has 0 saturated heterocycles. The lowest BCUT2D eigenvalue weighted by molar-refractivity contribution is -0.991. The van der Waals surface area contributed by atoms with Crippen molar-refractivity contribution in [3.8, 4) is 0 Å². The van der Waals surface area contributed by atoms with Gasteiger partial charge in [-0.3, -0.25) is 9.69 Å². The summed E-state index contributed by atoms with van der Waals surface area (Å²) in [5.41, 5.74) is 1.80. The van der Waals surface area contributed by atoms with E-state index in [1.807, 2.05) is 29.2 Å². The number of carbonyl (C=O) groups is 1. The lowest BCUT2D eigenvalue weighted by Gasteiger charge is -2.36. The van der Waals surface area contributed by atoms with Crippen LogP contribution in [0.25, 0.3) is 0 Å². The molecule has 1 amide bonds. The van der Waals surface area contributed by atoms with Crippen molar-refractivity contribution in [3.63, 3.8) is 0 Å². The molecule has 1 fully saturated rings. The van der Waals surface area contributed by atoms with E-state index in [9.17, 15) is 10.0 Å². The van der Waals surface area contributed by atoms with E-state index >= 15 is 0 Å².